The van der Waals surface area contributed by atoms with Crippen LogP contribution in [0.1, 0.15) is 26.7 Å². The first-order chi connectivity index (χ1) is 7.19. The van der Waals surface area contributed by atoms with Crippen LogP contribution in [-0.2, 0) is 14.6 Å². The Hall–Kier alpha value is -0.620. The Morgan fingerprint density at radius 1 is 1.50 bits per heavy atom. The van der Waals surface area contributed by atoms with E-state index in [0.717, 1.165) is 12.7 Å². The molecule has 1 rings (SSSR count). The minimum Gasteiger partial charge on any atom is -0.386 e. The maximum absolute atomic E-state index is 11.7. The predicted octanol–water partition coefficient (Wildman–Crippen LogP) is -0.207. The number of carbonyl (C=O) groups is 1. The zero-order valence-corrected chi connectivity index (χ0v) is 10.7. The fourth-order valence-electron chi connectivity index (χ4n) is 1.88. The van der Waals surface area contributed by atoms with Crippen molar-refractivity contribution in [2.75, 3.05) is 19.3 Å². The first-order valence-corrected chi connectivity index (χ1v) is 7.35. The molecule has 0 aromatic heterocycles. The van der Waals surface area contributed by atoms with Crippen molar-refractivity contribution in [1.82, 2.24) is 4.90 Å². The molecule has 16 heavy (non-hydrogen) atoms. The molecule has 5 nitrogen and oxygen atoms in total. The summed E-state index contributed by atoms with van der Waals surface area (Å²) in [5, 5.41) is 8.86. The second-order valence-corrected chi connectivity index (χ2v) is 7.01. The first-order valence-electron chi connectivity index (χ1n) is 5.39. The fraction of sp³-hybridized carbons (Fsp3) is 0.900. The summed E-state index contributed by atoms with van der Waals surface area (Å²) in [5.41, 5.74) is -0.804. The highest BCUT2D eigenvalue weighted by Gasteiger charge is 2.44. The number of rotatable bonds is 4. The molecule has 1 aliphatic heterocycles. The van der Waals surface area contributed by atoms with Crippen LogP contribution in [0.2, 0.25) is 0 Å². The van der Waals surface area contributed by atoms with Crippen molar-refractivity contribution < 1.29 is 18.3 Å². The van der Waals surface area contributed by atoms with Gasteiger partial charge in [-0.2, -0.15) is 0 Å². The van der Waals surface area contributed by atoms with Crippen molar-refractivity contribution in [2.45, 2.75) is 37.5 Å². The lowest BCUT2D eigenvalue weighted by molar-refractivity contribution is -0.155. The summed E-state index contributed by atoms with van der Waals surface area (Å²) in [4.78, 5) is 13.1. The van der Waals surface area contributed by atoms with Gasteiger partial charge in [0, 0.05) is 6.26 Å². The Morgan fingerprint density at radius 2 is 2.00 bits per heavy atom. The van der Waals surface area contributed by atoms with Crippen molar-refractivity contribution in [1.29, 1.82) is 0 Å². The van der Waals surface area contributed by atoms with Gasteiger partial charge < -0.3 is 10.0 Å². The SMILES string of the molecule is CCCC1(O)CN(C(=O)C(C)S(C)(=O)=O)C1. The van der Waals surface area contributed by atoms with Crippen LogP contribution in [0.15, 0.2) is 0 Å². The van der Waals surface area contributed by atoms with Crippen LogP contribution in [0.5, 0.6) is 0 Å². The largest absolute Gasteiger partial charge is 0.386 e. The molecular weight excluding hydrogens is 230 g/mol. The lowest BCUT2D eigenvalue weighted by atomic mass is 9.89. The molecule has 1 unspecified atom stereocenters. The number of amides is 1. The molecule has 0 bridgehead atoms. The second kappa shape index (κ2) is 4.33. The van der Waals surface area contributed by atoms with Crippen LogP contribution >= 0.6 is 0 Å². The van der Waals surface area contributed by atoms with Gasteiger partial charge in [0.25, 0.3) is 0 Å². The van der Waals surface area contributed by atoms with E-state index in [1.54, 1.807) is 0 Å². The van der Waals surface area contributed by atoms with Gasteiger partial charge in [0.1, 0.15) is 5.25 Å². The van der Waals surface area contributed by atoms with Crippen molar-refractivity contribution in [2.24, 2.45) is 0 Å². The minimum atomic E-state index is -3.35. The van der Waals surface area contributed by atoms with Crippen LogP contribution in [0.25, 0.3) is 0 Å². The Morgan fingerprint density at radius 3 is 2.38 bits per heavy atom. The van der Waals surface area contributed by atoms with Gasteiger partial charge in [-0.05, 0) is 13.3 Å². The van der Waals surface area contributed by atoms with Crippen LogP contribution in [0.4, 0.5) is 0 Å². The average Bonchev–Trinajstić information content (AvgIpc) is 2.10. The summed E-state index contributed by atoms with van der Waals surface area (Å²) in [6.45, 7) is 3.84. The molecule has 94 valence electrons. The molecule has 0 spiro atoms. The minimum absolute atomic E-state index is 0.250. The number of carbonyl (C=O) groups excluding carboxylic acids is 1. The van der Waals surface area contributed by atoms with E-state index < -0.39 is 26.6 Å². The molecular formula is C10H19NO4S. The Labute approximate surface area is 96.4 Å². The van der Waals surface area contributed by atoms with E-state index in [1.807, 2.05) is 6.92 Å². The first kappa shape index (κ1) is 13.4. The normalized spacial score (nSPS) is 21.4. The van der Waals surface area contributed by atoms with E-state index in [4.69, 9.17) is 0 Å². The van der Waals surface area contributed by atoms with E-state index in [-0.39, 0.29) is 13.1 Å². The fourth-order valence-corrected chi connectivity index (χ4v) is 2.40. The van der Waals surface area contributed by atoms with Crippen molar-refractivity contribution in [3.63, 3.8) is 0 Å². The molecule has 0 aliphatic carbocycles. The summed E-state index contributed by atoms with van der Waals surface area (Å²) in [7, 11) is -3.35. The average molecular weight is 249 g/mol. The zero-order valence-electron chi connectivity index (χ0n) is 9.93. The number of aliphatic hydroxyl groups is 1. The summed E-state index contributed by atoms with van der Waals surface area (Å²) < 4.78 is 22.4. The molecule has 0 aromatic carbocycles. The molecule has 1 aliphatic rings. The monoisotopic (exact) mass is 249 g/mol. The molecule has 6 heteroatoms. The third-order valence-electron chi connectivity index (χ3n) is 2.99. The number of sulfone groups is 1. The van der Waals surface area contributed by atoms with Gasteiger partial charge in [-0.3, -0.25) is 4.79 Å². The van der Waals surface area contributed by atoms with Crippen LogP contribution in [0, 0.1) is 0 Å². The molecule has 0 aromatic rings. The van der Waals surface area contributed by atoms with Crippen molar-refractivity contribution >= 4 is 15.7 Å². The van der Waals surface area contributed by atoms with E-state index in [1.165, 1.54) is 11.8 Å². The van der Waals surface area contributed by atoms with Gasteiger partial charge in [-0.15, -0.1) is 0 Å². The van der Waals surface area contributed by atoms with Gasteiger partial charge in [0.05, 0.1) is 18.7 Å². The molecule has 1 saturated heterocycles. The lowest BCUT2D eigenvalue weighted by Gasteiger charge is -2.47. The van der Waals surface area contributed by atoms with Crippen LogP contribution in [-0.4, -0.2) is 54.5 Å². The maximum atomic E-state index is 11.7. The molecule has 1 fully saturated rings. The Kier molecular flexibility index (Phi) is 3.64. The topological polar surface area (TPSA) is 74.7 Å². The summed E-state index contributed by atoms with van der Waals surface area (Å²) in [6, 6.07) is 0. The molecule has 0 saturated carbocycles. The number of hydrogen-bond donors (Lipinski definition) is 1. The number of β-amino-alcohol motifs (C(OH)–C–C–N with tert-alkyl or cyclic N) is 1. The van der Waals surface area contributed by atoms with Crippen LogP contribution in [0.3, 0.4) is 0 Å². The predicted molar refractivity (Wildman–Crippen MR) is 60.7 cm³/mol. The van der Waals surface area contributed by atoms with E-state index in [2.05, 4.69) is 0 Å². The second-order valence-electron chi connectivity index (χ2n) is 4.64. The molecule has 1 N–H and O–H groups in total. The molecule has 1 amide bonds. The molecule has 1 atom stereocenters. The summed E-state index contributed by atoms with van der Waals surface area (Å²) in [5.74, 6) is -0.414. The van der Waals surface area contributed by atoms with Crippen LogP contribution < -0.4 is 0 Å². The summed E-state index contributed by atoms with van der Waals surface area (Å²) in [6.07, 6.45) is 2.54. The highest BCUT2D eigenvalue weighted by atomic mass is 32.2. The van der Waals surface area contributed by atoms with Gasteiger partial charge >= 0.3 is 0 Å². The Balaban J connectivity index is 2.56. The third kappa shape index (κ3) is 2.74. The number of hydrogen-bond acceptors (Lipinski definition) is 4. The Bertz CT molecular complexity index is 370. The van der Waals surface area contributed by atoms with Gasteiger partial charge in [-0.1, -0.05) is 13.3 Å². The van der Waals surface area contributed by atoms with Gasteiger partial charge in [-0.25, -0.2) is 8.42 Å². The smallest absolute Gasteiger partial charge is 0.240 e. The third-order valence-corrected chi connectivity index (χ3v) is 4.47. The van der Waals surface area contributed by atoms with Gasteiger partial charge in [0.2, 0.25) is 5.91 Å². The lowest BCUT2D eigenvalue weighted by Crippen LogP contribution is -2.65. The quantitative estimate of drug-likeness (QED) is 0.748. The highest BCUT2D eigenvalue weighted by Crippen LogP contribution is 2.26. The van der Waals surface area contributed by atoms with Gasteiger partial charge in [0.15, 0.2) is 9.84 Å². The summed E-state index contributed by atoms with van der Waals surface area (Å²) >= 11 is 0. The van der Waals surface area contributed by atoms with Crippen molar-refractivity contribution in [3.05, 3.63) is 0 Å². The maximum Gasteiger partial charge on any atom is 0.240 e. The molecule has 1 heterocycles. The van der Waals surface area contributed by atoms with E-state index >= 15 is 0 Å². The number of nitrogens with zero attached hydrogens (tertiary/aromatic N) is 1. The standard InChI is InChI=1S/C10H19NO4S/c1-4-5-10(13)6-11(7-10)9(12)8(2)16(3,14)15/h8,13H,4-7H2,1-3H3. The number of likely N-dealkylation sites (tertiary alicyclic amines) is 1. The zero-order chi connectivity index (χ0) is 12.6. The highest BCUT2D eigenvalue weighted by molar-refractivity contribution is 7.92. The molecule has 0 radical (unpaired) electrons. The van der Waals surface area contributed by atoms with E-state index in [9.17, 15) is 18.3 Å². The van der Waals surface area contributed by atoms with Crippen molar-refractivity contribution in [3.8, 4) is 0 Å². The van der Waals surface area contributed by atoms with E-state index in [0.29, 0.717) is 6.42 Å².